The standard InChI is InChI=1S/C20H25N5O/c1-3-15-4-6-16(7-5-15)23-20(26)13-25-17-10-18(25)12-24(11-17)19-8-9-21-14(2)22-19/h4-9,17-18H,3,10-13H2,1-2H3,(H,23,26). The number of aromatic nitrogens is 2. The van der Waals surface area contributed by atoms with Crippen molar-refractivity contribution < 1.29 is 4.79 Å². The maximum absolute atomic E-state index is 12.4. The summed E-state index contributed by atoms with van der Waals surface area (Å²) < 4.78 is 0. The zero-order chi connectivity index (χ0) is 18.1. The number of hydrogen-bond acceptors (Lipinski definition) is 5. The van der Waals surface area contributed by atoms with E-state index in [0.717, 1.165) is 36.8 Å². The third-order valence-electron chi connectivity index (χ3n) is 5.40. The number of piperazine rings is 1. The highest BCUT2D eigenvalue weighted by Gasteiger charge is 2.45. The molecule has 3 aliphatic rings. The molecule has 2 aromatic rings. The van der Waals surface area contributed by atoms with Crippen molar-refractivity contribution >= 4 is 17.4 Å². The van der Waals surface area contributed by atoms with Gasteiger partial charge in [0.15, 0.2) is 0 Å². The molecule has 1 aromatic carbocycles. The van der Waals surface area contributed by atoms with E-state index >= 15 is 0 Å². The van der Waals surface area contributed by atoms with Gasteiger partial charge in [-0.25, -0.2) is 9.97 Å². The highest BCUT2D eigenvalue weighted by molar-refractivity contribution is 5.92. The molecule has 1 aromatic heterocycles. The zero-order valence-corrected chi connectivity index (χ0v) is 15.4. The number of anilines is 2. The van der Waals surface area contributed by atoms with Gasteiger partial charge in [-0.2, -0.15) is 0 Å². The van der Waals surface area contributed by atoms with Crippen molar-refractivity contribution in [3.8, 4) is 0 Å². The quantitative estimate of drug-likeness (QED) is 0.895. The molecule has 3 aliphatic heterocycles. The Hall–Kier alpha value is -2.47. The average Bonchev–Trinajstić information content (AvgIpc) is 2.67. The Labute approximate surface area is 154 Å². The fraction of sp³-hybridized carbons (Fsp3) is 0.450. The van der Waals surface area contributed by atoms with E-state index in [0.29, 0.717) is 18.6 Å². The molecule has 3 saturated heterocycles. The predicted molar refractivity (Wildman–Crippen MR) is 102 cm³/mol. The molecule has 5 rings (SSSR count). The average molecular weight is 351 g/mol. The molecule has 136 valence electrons. The number of carbonyl (C=O) groups is 1. The van der Waals surface area contributed by atoms with Crippen LogP contribution in [0.15, 0.2) is 36.5 Å². The summed E-state index contributed by atoms with van der Waals surface area (Å²) >= 11 is 0. The summed E-state index contributed by atoms with van der Waals surface area (Å²) in [7, 11) is 0. The van der Waals surface area contributed by atoms with Crippen molar-refractivity contribution in [3.05, 3.63) is 47.9 Å². The first-order chi connectivity index (χ1) is 12.6. The van der Waals surface area contributed by atoms with Crippen molar-refractivity contribution in [1.82, 2.24) is 14.9 Å². The van der Waals surface area contributed by atoms with E-state index in [1.165, 1.54) is 12.0 Å². The Kier molecular flexibility index (Phi) is 4.59. The van der Waals surface area contributed by atoms with E-state index in [4.69, 9.17) is 0 Å². The molecular weight excluding hydrogens is 326 g/mol. The highest BCUT2D eigenvalue weighted by Crippen LogP contribution is 2.33. The number of carbonyl (C=O) groups excluding carboxylic acids is 1. The van der Waals surface area contributed by atoms with E-state index in [1.807, 2.05) is 31.3 Å². The first kappa shape index (κ1) is 17.0. The molecule has 6 heteroatoms. The van der Waals surface area contributed by atoms with Gasteiger partial charge < -0.3 is 10.2 Å². The summed E-state index contributed by atoms with van der Waals surface area (Å²) in [5.74, 6) is 1.86. The van der Waals surface area contributed by atoms with Crippen molar-refractivity contribution in [1.29, 1.82) is 0 Å². The molecule has 3 fully saturated rings. The number of fused-ring (bicyclic) bond motifs is 2. The van der Waals surface area contributed by atoms with Crippen LogP contribution in [0.4, 0.5) is 11.5 Å². The molecule has 6 nitrogen and oxygen atoms in total. The lowest BCUT2D eigenvalue weighted by molar-refractivity contribution is -0.121. The van der Waals surface area contributed by atoms with E-state index in [2.05, 4.69) is 44.1 Å². The van der Waals surface area contributed by atoms with E-state index in [1.54, 1.807) is 0 Å². The highest BCUT2D eigenvalue weighted by atomic mass is 16.2. The molecule has 2 atom stereocenters. The zero-order valence-electron chi connectivity index (χ0n) is 15.4. The van der Waals surface area contributed by atoms with Gasteiger partial charge in [-0.15, -0.1) is 0 Å². The Morgan fingerprint density at radius 1 is 1.19 bits per heavy atom. The molecule has 4 heterocycles. The predicted octanol–water partition coefficient (Wildman–Crippen LogP) is 2.25. The summed E-state index contributed by atoms with van der Waals surface area (Å²) in [6.45, 7) is 6.35. The SMILES string of the molecule is CCc1ccc(NC(=O)CN2C3CC2CN(c2ccnc(C)n2)C3)cc1. The van der Waals surface area contributed by atoms with Crippen LogP contribution in [0.3, 0.4) is 0 Å². The fourth-order valence-electron chi connectivity index (χ4n) is 3.94. The van der Waals surface area contributed by atoms with Crippen LogP contribution >= 0.6 is 0 Å². The van der Waals surface area contributed by atoms with Gasteiger partial charge in [-0.05, 0) is 43.5 Å². The topological polar surface area (TPSA) is 61.4 Å². The molecule has 1 amide bonds. The van der Waals surface area contributed by atoms with Gasteiger partial charge in [0.2, 0.25) is 5.91 Å². The number of amides is 1. The minimum atomic E-state index is 0.0651. The number of rotatable bonds is 5. The summed E-state index contributed by atoms with van der Waals surface area (Å²) in [6.07, 6.45) is 3.99. The normalized spacial score (nSPS) is 22.0. The van der Waals surface area contributed by atoms with Crippen LogP contribution in [-0.2, 0) is 11.2 Å². The lowest BCUT2D eigenvalue weighted by Crippen LogP contribution is -2.69. The minimum absolute atomic E-state index is 0.0651. The van der Waals surface area contributed by atoms with Crippen LogP contribution in [0.1, 0.15) is 24.7 Å². The van der Waals surface area contributed by atoms with Gasteiger partial charge in [-0.3, -0.25) is 9.69 Å². The maximum atomic E-state index is 12.4. The molecule has 26 heavy (non-hydrogen) atoms. The third-order valence-corrected chi connectivity index (χ3v) is 5.40. The van der Waals surface area contributed by atoms with Crippen LogP contribution in [0.5, 0.6) is 0 Å². The first-order valence-electron chi connectivity index (χ1n) is 9.31. The number of nitrogens with zero attached hydrogens (tertiary/aromatic N) is 4. The molecular formula is C20H25N5O. The van der Waals surface area contributed by atoms with E-state index in [9.17, 15) is 4.79 Å². The minimum Gasteiger partial charge on any atom is -0.353 e. The summed E-state index contributed by atoms with van der Waals surface area (Å²) in [5.41, 5.74) is 2.15. The van der Waals surface area contributed by atoms with Gasteiger partial charge in [0.1, 0.15) is 11.6 Å². The second-order valence-electron chi connectivity index (χ2n) is 7.18. The van der Waals surface area contributed by atoms with Crippen molar-refractivity contribution in [2.75, 3.05) is 29.9 Å². The molecule has 2 unspecified atom stereocenters. The van der Waals surface area contributed by atoms with Gasteiger partial charge in [0, 0.05) is 37.1 Å². The fourth-order valence-corrected chi connectivity index (χ4v) is 3.94. The first-order valence-corrected chi connectivity index (χ1v) is 9.31. The van der Waals surface area contributed by atoms with Gasteiger partial charge in [0.25, 0.3) is 0 Å². The van der Waals surface area contributed by atoms with Crippen LogP contribution in [0.25, 0.3) is 0 Å². The number of benzene rings is 1. The van der Waals surface area contributed by atoms with Crippen LogP contribution < -0.4 is 10.2 Å². The van der Waals surface area contributed by atoms with Gasteiger partial charge in [-0.1, -0.05) is 19.1 Å². The second-order valence-corrected chi connectivity index (χ2v) is 7.18. The Bertz CT molecular complexity index is 779. The van der Waals surface area contributed by atoms with Crippen LogP contribution in [0.2, 0.25) is 0 Å². The van der Waals surface area contributed by atoms with Crippen molar-refractivity contribution in [2.45, 2.75) is 38.8 Å². The number of piperidine rings is 1. The van der Waals surface area contributed by atoms with Crippen molar-refractivity contribution in [3.63, 3.8) is 0 Å². The molecule has 0 radical (unpaired) electrons. The summed E-state index contributed by atoms with van der Waals surface area (Å²) in [6, 6.07) is 10.9. The molecule has 0 saturated carbocycles. The molecule has 0 spiro atoms. The lowest BCUT2D eigenvalue weighted by Gasteiger charge is -2.56. The Balaban J connectivity index is 1.32. The van der Waals surface area contributed by atoms with E-state index in [-0.39, 0.29) is 5.91 Å². The molecule has 2 bridgehead atoms. The number of nitrogens with one attached hydrogen (secondary N) is 1. The number of hydrogen-bond donors (Lipinski definition) is 1. The van der Waals surface area contributed by atoms with Gasteiger partial charge in [0.05, 0.1) is 6.54 Å². The van der Waals surface area contributed by atoms with Crippen LogP contribution in [-0.4, -0.2) is 52.5 Å². The molecule has 1 N–H and O–H groups in total. The Morgan fingerprint density at radius 2 is 1.92 bits per heavy atom. The monoisotopic (exact) mass is 351 g/mol. The second kappa shape index (κ2) is 7.03. The maximum Gasteiger partial charge on any atom is 0.238 e. The van der Waals surface area contributed by atoms with Gasteiger partial charge >= 0.3 is 0 Å². The lowest BCUT2D eigenvalue weighted by atomic mass is 9.87. The summed E-state index contributed by atoms with van der Waals surface area (Å²) in [5, 5.41) is 3.02. The Morgan fingerprint density at radius 3 is 2.58 bits per heavy atom. The molecule has 0 aliphatic carbocycles. The largest absolute Gasteiger partial charge is 0.353 e. The van der Waals surface area contributed by atoms with Crippen molar-refractivity contribution in [2.24, 2.45) is 0 Å². The third kappa shape index (κ3) is 3.42. The summed E-state index contributed by atoms with van der Waals surface area (Å²) in [4.78, 5) is 25.7. The number of aryl methyl sites for hydroxylation is 2. The van der Waals surface area contributed by atoms with Crippen LogP contribution in [0, 0.1) is 6.92 Å². The van der Waals surface area contributed by atoms with E-state index < -0.39 is 0 Å². The smallest absolute Gasteiger partial charge is 0.238 e.